The number of phenols is 1. The van der Waals surface area contributed by atoms with Crippen molar-refractivity contribution in [2.45, 2.75) is 0 Å². The molecule has 1 aromatic carbocycles. The molecule has 15 heavy (non-hydrogen) atoms. The van der Waals surface area contributed by atoms with Gasteiger partial charge in [0, 0.05) is 7.05 Å². The molecule has 0 atom stereocenters. The van der Waals surface area contributed by atoms with Crippen LogP contribution in [0.5, 0.6) is 5.75 Å². The van der Waals surface area contributed by atoms with E-state index >= 15 is 0 Å². The van der Waals surface area contributed by atoms with E-state index in [1.807, 2.05) is 0 Å². The molecule has 0 saturated carbocycles. The van der Waals surface area contributed by atoms with Crippen LogP contribution in [-0.2, 0) is 7.05 Å². The fraction of sp³-hybridized carbons (Fsp3) is 0.111. The molecule has 78 valence electrons. The van der Waals surface area contributed by atoms with Gasteiger partial charge in [-0.1, -0.05) is 0 Å². The number of hydrogen-bond acceptors (Lipinski definition) is 5. The monoisotopic (exact) mass is 206 g/mol. The quantitative estimate of drug-likeness (QED) is 0.448. The minimum Gasteiger partial charge on any atom is -0.508 e. The molecule has 0 amide bonds. The second-order valence-corrected chi connectivity index (χ2v) is 3.15. The number of nitrogens with one attached hydrogen (secondary N) is 1. The predicted molar refractivity (Wildman–Crippen MR) is 56.5 cm³/mol. The molecule has 0 aliphatic carbocycles. The van der Waals surface area contributed by atoms with E-state index in [2.05, 4.69) is 10.4 Å². The fourth-order valence-electron chi connectivity index (χ4n) is 1.39. The van der Waals surface area contributed by atoms with Crippen LogP contribution in [0.25, 0.3) is 10.9 Å². The maximum atomic E-state index is 11.8. The Morgan fingerprint density at radius 3 is 2.93 bits per heavy atom. The van der Waals surface area contributed by atoms with Gasteiger partial charge in [-0.2, -0.15) is 0 Å². The summed E-state index contributed by atoms with van der Waals surface area (Å²) in [6.07, 6.45) is 0. The summed E-state index contributed by atoms with van der Waals surface area (Å²) in [4.78, 5) is 15.9. The lowest BCUT2D eigenvalue weighted by Gasteiger charge is -2.07. The molecule has 1 aromatic heterocycles. The minimum atomic E-state index is -0.260. The fourth-order valence-corrected chi connectivity index (χ4v) is 1.39. The van der Waals surface area contributed by atoms with Crippen molar-refractivity contribution in [3.63, 3.8) is 0 Å². The Morgan fingerprint density at radius 2 is 2.27 bits per heavy atom. The van der Waals surface area contributed by atoms with Gasteiger partial charge in [-0.05, 0) is 18.2 Å². The molecule has 4 N–H and O–H groups in total. The summed E-state index contributed by atoms with van der Waals surface area (Å²) in [5, 5.41) is 9.61. The zero-order valence-electron chi connectivity index (χ0n) is 8.06. The highest BCUT2D eigenvalue weighted by atomic mass is 16.3. The summed E-state index contributed by atoms with van der Waals surface area (Å²) >= 11 is 0. The first-order valence-corrected chi connectivity index (χ1v) is 4.30. The summed E-state index contributed by atoms with van der Waals surface area (Å²) in [6, 6.07) is 4.41. The first-order valence-electron chi connectivity index (χ1n) is 4.30. The van der Waals surface area contributed by atoms with Gasteiger partial charge in [-0.25, -0.2) is 10.8 Å². The molecule has 0 spiro atoms. The van der Waals surface area contributed by atoms with Gasteiger partial charge in [0.25, 0.3) is 5.56 Å². The van der Waals surface area contributed by atoms with E-state index in [1.54, 1.807) is 13.1 Å². The number of hydrogen-bond donors (Lipinski definition) is 3. The number of nitrogens with two attached hydrogens (primary N) is 1. The lowest BCUT2D eigenvalue weighted by molar-refractivity contribution is 0.476. The van der Waals surface area contributed by atoms with Crippen molar-refractivity contribution in [1.82, 2.24) is 9.55 Å². The Bertz CT molecular complexity index is 576. The van der Waals surface area contributed by atoms with E-state index in [1.165, 1.54) is 16.7 Å². The van der Waals surface area contributed by atoms with Crippen molar-refractivity contribution in [1.29, 1.82) is 0 Å². The highest BCUT2D eigenvalue weighted by Crippen LogP contribution is 2.16. The van der Waals surface area contributed by atoms with Crippen molar-refractivity contribution in [3.8, 4) is 5.75 Å². The molecule has 6 nitrogen and oxygen atoms in total. The molecule has 0 saturated heterocycles. The van der Waals surface area contributed by atoms with Crippen molar-refractivity contribution < 1.29 is 5.11 Å². The standard InChI is InChI=1S/C9H10N4O2/c1-13-8(15)6-4-5(14)2-3-7(6)11-9(13)12-10/h2-4,14H,10H2,1H3,(H,11,12). The number of aromatic nitrogens is 2. The molecule has 0 radical (unpaired) electrons. The van der Waals surface area contributed by atoms with Crippen LogP contribution in [-0.4, -0.2) is 14.7 Å². The van der Waals surface area contributed by atoms with Gasteiger partial charge in [0.1, 0.15) is 5.75 Å². The molecule has 0 aliphatic rings. The second kappa shape index (κ2) is 3.25. The molecular weight excluding hydrogens is 196 g/mol. The maximum Gasteiger partial charge on any atom is 0.262 e. The molecule has 2 aromatic rings. The van der Waals surface area contributed by atoms with Gasteiger partial charge in [-0.3, -0.25) is 14.8 Å². The van der Waals surface area contributed by atoms with Gasteiger partial charge >= 0.3 is 0 Å². The highest BCUT2D eigenvalue weighted by Gasteiger charge is 2.07. The van der Waals surface area contributed by atoms with Gasteiger partial charge < -0.3 is 5.11 Å². The number of nitrogens with zero attached hydrogens (tertiary/aromatic N) is 2. The molecule has 1 heterocycles. The first-order chi connectivity index (χ1) is 7.13. The number of rotatable bonds is 1. The first kappa shape index (κ1) is 9.47. The van der Waals surface area contributed by atoms with Crippen LogP contribution in [0.1, 0.15) is 0 Å². The average Bonchev–Trinajstić information content (AvgIpc) is 2.24. The van der Waals surface area contributed by atoms with Crippen LogP contribution >= 0.6 is 0 Å². The number of benzene rings is 1. The van der Waals surface area contributed by atoms with Crippen LogP contribution in [0.15, 0.2) is 23.0 Å². The van der Waals surface area contributed by atoms with Crippen molar-refractivity contribution in [3.05, 3.63) is 28.6 Å². The van der Waals surface area contributed by atoms with Crippen LogP contribution in [0, 0.1) is 0 Å². The van der Waals surface area contributed by atoms with E-state index in [-0.39, 0.29) is 17.3 Å². The maximum absolute atomic E-state index is 11.8. The topological polar surface area (TPSA) is 93.2 Å². The van der Waals surface area contributed by atoms with E-state index in [0.717, 1.165) is 0 Å². The van der Waals surface area contributed by atoms with Gasteiger partial charge in [-0.15, -0.1) is 0 Å². The van der Waals surface area contributed by atoms with Crippen molar-refractivity contribution in [2.24, 2.45) is 12.9 Å². The van der Waals surface area contributed by atoms with Gasteiger partial charge in [0.05, 0.1) is 10.9 Å². The highest BCUT2D eigenvalue weighted by molar-refractivity contribution is 5.80. The summed E-state index contributed by atoms with van der Waals surface area (Å²) in [5.41, 5.74) is 2.56. The number of hydrazine groups is 1. The number of nitrogen functional groups attached to an aromatic ring is 1. The average molecular weight is 206 g/mol. The Labute approximate surface area is 84.9 Å². The zero-order valence-corrected chi connectivity index (χ0v) is 8.06. The molecule has 6 heteroatoms. The summed E-state index contributed by atoms with van der Waals surface area (Å²) in [5.74, 6) is 5.53. The van der Waals surface area contributed by atoms with Gasteiger partial charge in [0.15, 0.2) is 0 Å². The van der Waals surface area contributed by atoms with Gasteiger partial charge in [0.2, 0.25) is 5.95 Å². The van der Waals surface area contributed by atoms with E-state index in [9.17, 15) is 9.90 Å². The van der Waals surface area contributed by atoms with E-state index < -0.39 is 0 Å². The predicted octanol–water partition coefficient (Wildman–Crippen LogP) is -0.0753. The van der Waals surface area contributed by atoms with Crippen molar-refractivity contribution >= 4 is 16.9 Å². The third kappa shape index (κ3) is 1.40. The number of fused-ring (bicyclic) bond motifs is 1. The van der Waals surface area contributed by atoms with Crippen molar-refractivity contribution in [2.75, 3.05) is 5.43 Å². The molecule has 0 aliphatic heterocycles. The van der Waals surface area contributed by atoms with E-state index in [0.29, 0.717) is 10.9 Å². The molecule has 2 rings (SSSR count). The zero-order chi connectivity index (χ0) is 11.0. The lowest BCUT2D eigenvalue weighted by Crippen LogP contribution is -2.24. The number of anilines is 1. The smallest absolute Gasteiger partial charge is 0.262 e. The lowest BCUT2D eigenvalue weighted by atomic mass is 10.2. The molecular formula is C9H10N4O2. The Morgan fingerprint density at radius 1 is 1.53 bits per heavy atom. The summed E-state index contributed by atoms with van der Waals surface area (Å²) in [7, 11) is 1.55. The van der Waals surface area contributed by atoms with Crippen LogP contribution < -0.4 is 16.8 Å². The molecule has 0 bridgehead atoms. The normalized spacial score (nSPS) is 10.5. The van der Waals surface area contributed by atoms with E-state index in [4.69, 9.17) is 5.84 Å². The second-order valence-electron chi connectivity index (χ2n) is 3.15. The third-order valence-electron chi connectivity index (χ3n) is 2.19. The molecule has 0 unspecified atom stereocenters. The summed E-state index contributed by atoms with van der Waals surface area (Å²) < 4.78 is 1.28. The number of aromatic hydroxyl groups is 1. The third-order valence-corrected chi connectivity index (χ3v) is 2.19. The Hall–Kier alpha value is -2.08. The SMILES string of the molecule is Cn1c(NN)nc2ccc(O)cc2c1=O. The minimum absolute atomic E-state index is 0.0369. The Balaban J connectivity index is 2.91. The van der Waals surface area contributed by atoms with Crippen LogP contribution in [0.3, 0.4) is 0 Å². The summed E-state index contributed by atoms with van der Waals surface area (Å²) in [6.45, 7) is 0. The Kier molecular flexibility index (Phi) is 2.05. The number of phenolic OH excluding ortho intramolecular Hbond substituents is 1. The van der Waals surface area contributed by atoms with Crippen LogP contribution in [0.2, 0.25) is 0 Å². The largest absolute Gasteiger partial charge is 0.508 e. The van der Waals surface area contributed by atoms with Crippen LogP contribution in [0.4, 0.5) is 5.95 Å². The molecule has 0 fully saturated rings.